The van der Waals surface area contributed by atoms with E-state index in [1.54, 1.807) is 0 Å². The van der Waals surface area contributed by atoms with E-state index in [0.717, 1.165) is 0 Å². The molecule has 0 saturated carbocycles. The molecule has 0 aliphatic rings. The van der Waals surface area contributed by atoms with E-state index in [9.17, 15) is 4.79 Å². The third-order valence-electron chi connectivity index (χ3n) is 2.30. The van der Waals surface area contributed by atoms with Gasteiger partial charge in [0.15, 0.2) is 0 Å². The van der Waals surface area contributed by atoms with Gasteiger partial charge in [0.05, 0.1) is 6.61 Å². The van der Waals surface area contributed by atoms with Gasteiger partial charge < -0.3 is 26.2 Å². The molecule has 1 rings (SSSR count). The number of carboxylic acids is 1. The maximum Gasteiger partial charge on any atom is 0.303 e. The van der Waals surface area contributed by atoms with Gasteiger partial charge in [-0.15, -0.1) is 0 Å². The van der Waals surface area contributed by atoms with Gasteiger partial charge in [-0.05, 0) is 20.3 Å². The van der Waals surface area contributed by atoms with Crippen LogP contribution in [0.1, 0.15) is 26.7 Å². The van der Waals surface area contributed by atoms with E-state index in [1.165, 1.54) is 0 Å². The van der Waals surface area contributed by atoms with Crippen molar-refractivity contribution in [1.29, 1.82) is 0 Å². The standard InChI is InChI=1S/C12H22N6O3/c1-8(2)15-12-17-10(13-5-3-4-9(20)21)16-11(18-12)14-6-7-19/h8,19H,3-7H2,1-2H3,(H,20,21)(H3,13,14,15,16,17,18). The van der Waals surface area contributed by atoms with E-state index in [4.69, 9.17) is 10.2 Å². The fourth-order valence-electron chi connectivity index (χ4n) is 1.46. The van der Waals surface area contributed by atoms with E-state index in [1.807, 2.05) is 13.8 Å². The number of carboxylic acid groups (broad SMARTS) is 1. The fraction of sp³-hybridized carbons (Fsp3) is 0.667. The summed E-state index contributed by atoms with van der Waals surface area (Å²) in [7, 11) is 0. The summed E-state index contributed by atoms with van der Waals surface area (Å²) in [4.78, 5) is 23.0. The average molecular weight is 298 g/mol. The summed E-state index contributed by atoms with van der Waals surface area (Å²) in [5.41, 5.74) is 0. The van der Waals surface area contributed by atoms with Crippen molar-refractivity contribution in [3.8, 4) is 0 Å². The molecule has 0 aliphatic heterocycles. The third kappa shape index (κ3) is 7.25. The first-order chi connectivity index (χ1) is 10.0. The fourth-order valence-corrected chi connectivity index (χ4v) is 1.46. The van der Waals surface area contributed by atoms with E-state index in [2.05, 4.69) is 30.9 Å². The molecule has 1 aromatic heterocycles. The topological polar surface area (TPSA) is 132 Å². The van der Waals surface area contributed by atoms with E-state index < -0.39 is 5.97 Å². The van der Waals surface area contributed by atoms with Crippen molar-refractivity contribution in [3.63, 3.8) is 0 Å². The Hall–Kier alpha value is -2.16. The molecule has 0 atom stereocenters. The lowest BCUT2D eigenvalue weighted by molar-refractivity contribution is -0.137. The number of nitrogens with zero attached hydrogens (tertiary/aromatic N) is 3. The van der Waals surface area contributed by atoms with Crippen molar-refractivity contribution >= 4 is 23.8 Å². The van der Waals surface area contributed by atoms with Gasteiger partial charge in [-0.1, -0.05) is 0 Å². The number of aromatic nitrogens is 3. The van der Waals surface area contributed by atoms with E-state index >= 15 is 0 Å². The smallest absolute Gasteiger partial charge is 0.303 e. The number of rotatable bonds is 10. The zero-order chi connectivity index (χ0) is 15.7. The lowest BCUT2D eigenvalue weighted by Crippen LogP contribution is -2.17. The van der Waals surface area contributed by atoms with Crippen LogP contribution in [0.4, 0.5) is 17.8 Å². The Morgan fingerprint density at radius 2 is 1.67 bits per heavy atom. The minimum Gasteiger partial charge on any atom is -0.481 e. The minimum atomic E-state index is -0.833. The highest BCUT2D eigenvalue weighted by atomic mass is 16.4. The molecule has 0 aromatic carbocycles. The van der Waals surface area contributed by atoms with Crippen molar-refractivity contribution in [2.75, 3.05) is 35.6 Å². The van der Waals surface area contributed by atoms with Crippen LogP contribution in [0.5, 0.6) is 0 Å². The number of aliphatic hydroxyl groups excluding tert-OH is 1. The highest BCUT2D eigenvalue weighted by molar-refractivity contribution is 5.66. The van der Waals surface area contributed by atoms with Crippen LogP contribution in [-0.2, 0) is 4.79 Å². The molecule has 1 heterocycles. The van der Waals surface area contributed by atoms with Crippen molar-refractivity contribution in [2.24, 2.45) is 0 Å². The summed E-state index contributed by atoms with van der Waals surface area (Å²) >= 11 is 0. The SMILES string of the molecule is CC(C)Nc1nc(NCCO)nc(NCCCC(=O)O)n1. The Morgan fingerprint density at radius 3 is 2.19 bits per heavy atom. The molecule has 21 heavy (non-hydrogen) atoms. The molecule has 0 saturated heterocycles. The van der Waals surface area contributed by atoms with Gasteiger partial charge in [0, 0.05) is 25.6 Å². The first-order valence-corrected chi connectivity index (χ1v) is 6.84. The van der Waals surface area contributed by atoms with Gasteiger partial charge in [-0.2, -0.15) is 15.0 Å². The minimum absolute atomic E-state index is 0.0278. The molecule has 0 fully saturated rings. The molecular weight excluding hydrogens is 276 g/mol. The van der Waals surface area contributed by atoms with Crippen LogP contribution < -0.4 is 16.0 Å². The van der Waals surface area contributed by atoms with Crippen LogP contribution in [-0.4, -0.2) is 56.9 Å². The number of aliphatic hydroxyl groups is 1. The average Bonchev–Trinajstić information content (AvgIpc) is 2.40. The van der Waals surface area contributed by atoms with Gasteiger partial charge in [0.2, 0.25) is 17.8 Å². The van der Waals surface area contributed by atoms with Crippen molar-refractivity contribution in [3.05, 3.63) is 0 Å². The number of nitrogens with one attached hydrogen (secondary N) is 3. The number of aliphatic carboxylic acids is 1. The number of anilines is 3. The Bertz CT molecular complexity index is 455. The predicted molar refractivity (Wildman–Crippen MR) is 79.5 cm³/mol. The zero-order valence-corrected chi connectivity index (χ0v) is 12.3. The molecular formula is C12H22N6O3. The maximum atomic E-state index is 10.4. The highest BCUT2D eigenvalue weighted by Crippen LogP contribution is 2.10. The molecule has 9 heteroatoms. The summed E-state index contributed by atoms with van der Waals surface area (Å²) in [6.45, 7) is 4.69. The number of carbonyl (C=O) groups is 1. The first kappa shape index (κ1) is 16.9. The van der Waals surface area contributed by atoms with Crippen molar-refractivity contribution < 1.29 is 15.0 Å². The Morgan fingerprint density at radius 1 is 1.10 bits per heavy atom. The van der Waals surface area contributed by atoms with Crippen LogP contribution in [0.2, 0.25) is 0 Å². The third-order valence-corrected chi connectivity index (χ3v) is 2.30. The lowest BCUT2D eigenvalue weighted by Gasteiger charge is -2.12. The molecule has 5 N–H and O–H groups in total. The second-order valence-corrected chi connectivity index (χ2v) is 4.68. The molecule has 1 aromatic rings. The summed E-state index contributed by atoms with van der Waals surface area (Å²) in [6.07, 6.45) is 0.568. The van der Waals surface area contributed by atoms with E-state index in [0.29, 0.717) is 37.4 Å². The Kier molecular flexibility index (Phi) is 7.16. The Balaban J connectivity index is 2.68. The largest absolute Gasteiger partial charge is 0.481 e. The lowest BCUT2D eigenvalue weighted by atomic mass is 10.3. The molecule has 0 unspecified atom stereocenters. The van der Waals surface area contributed by atoms with Crippen LogP contribution >= 0.6 is 0 Å². The van der Waals surface area contributed by atoms with Gasteiger partial charge in [-0.25, -0.2) is 0 Å². The van der Waals surface area contributed by atoms with Gasteiger partial charge in [0.25, 0.3) is 0 Å². The zero-order valence-electron chi connectivity index (χ0n) is 12.3. The molecule has 0 aliphatic carbocycles. The van der Waals surface area contributed by atoms with E-state index in [-0.39, 0.29) is 19.1 Å². The van der Waals surface area contributed by atoms with Gasteiger partial charge in [0.1, 0.15) is 0 Å². The Labute approximate surface area is 123 Å². The monoisotopic (exact) mass is 298 g/mol. The number of hydrogen-bond donors (Lipinski definition) is 5. The first-order valence-electron chi connectivity index (χ1n) is 6.84. The second-order valence-electron chi connectivity index (χ2n) is 4.68. The van der Waals surface area contributed by atoms with Crippen molar-refractivity contribution in [2.45, 2.75) is 32.7 Å². The number of hydrogen-bond acceptors (Lipinski definition) is 8. The molecule has 9 nitrogen and oxygen atoms in total. The summed E-state index contributed by atoms with van der Waals surface area (Å²) < 4.78 is 0. The van der Waals surface area contributed by atoms with Crippen LogP contribution in [0, 0.1) is 0 Å². The molecule has 0 amide bonds. The van der Waals surface area contributed by atoms with Gasteiger partial charge >= 0.3 is 5.97 Å². The molecule has 0 radical (unpaired) electrons. The van der Waals surface area contributed by atoms with Crippen LogP contribution in [0.25, 0.3) is 0 Å². The summed E-state index contributed by atoms with van der Waals surface area (Å²) in [5, 5.41) is 26.3. The van der Waals surface area contributed by atoms with Crippen LogP contribution in [0.15, 0.2) is 0 Å². The second kappa shape index (κ2) is 8.90. The molecule has 118 valence electrons. The summed E-state index contributed by atoms with van der Waals surface area (Å²) in [6, 6.07) is 0.165. The molecule has 0 bridgehead atoms. The van der Waals surface area contributed by atoms with Gasteiger partial charge in [-0.3, -0.25) is 4.79 Å². The van der Waals surface area contributed by atoms with Crippen LogP contribution in [0.3, 0.4) is 0 Å². The van der Waals surface area contributed by atoms with Crippen molar-refractivity contribution in [1.82, 2.24) is 15.0 Å². The maximum absolute atomic E-state index is 10.4. The summed E-state index contributed by atoms with van der Waals surface area (Å²) in [5.74, 6) is 0.294. The quantitative estimate of drug-likeness (QED) is 0.388. The predicted octanol–water partition coefficient (Wildman–Crippen LogP) is 0.373. The normalized spacial score (nSPS) is 10.5. The molecule has 0 spiro atoms. The highest BCUT2D eigenvalue weighted by Gasteiger charge is 2.07.